The van der Waals surface area contributed by atoms with Crippen LogP contribution in [0.2, 0.25) is 0 Å². The largest absolute Gasteiger partial charge is 0.425 e. The number of rotatable bonds is 1. The zero-order chi connectivity index (χ0) is 13.9. The van der Waals surface area contributed by atoms with Crippen molar-refractivity contribution in [2.24, 2.45) is 4.99 Å². The van der Waals surface area contributed by atoms with Gasteiger partial charge in [0.15, 0.2) is 0 Å². The highest BCUT2D eigenvalue weighted by Gasteiger charge is 2.42. The lowest BCUT2D eigenvalue weighted by Crippen LogP contribution is -2.48. The van der Waals surface area contributed by atoms with Crippen molar-refractivity contribution in [2.45, 2.75) is 37.8 Å². The normalized spacial score (nSPS) is 25.4. The zero-order valence-electron chi connectivity index (χ0n) is 11.0. The molecule has 0 amide bonds. The number of aliphatic imine (C=N–C) groups is 1. The van der Waals surface area contributed by atoms with Gasteiger partial charge in [-0.1, -0.05) is 18.2 Å². The van der Waals surface area contributed by atoms with E-state index in [1.54, 1.807) is 6.19 Å². The highest BCUT2D eigenvalue weighted by molar-refractivity contribution is 5.85. The Hall–Kier alpha value is -2.35. The van der Waals surface area contributed by atoms with Crippen molar-refractivity contribution in [1.29, 1.82) is 5.26 Å². The van der Waals surface area contributed by atoms with E-state index in [0.29, 0.717) is 30.4 Å². The van der Waals surface area contributed by atoms with Crippen LogP contribution in [0.4, 0.5) is 0 Å². The molecule has 20 heavy (non-hydrogen) atoms. The molecule has 2 aliphatic rings. The van der Waals surface area contributed by atoms with Crippen molar-refractivity contribution in [1.82, 2.24) is 4.90 Å². The number of benzene rings is 1. The number of fused-ring (bicyclic) bond motifs is 2. The number of ether oxygens (including phenoxy) is 1. The summed E-state index contributed by atoms with van der Waals surface area (Å²) in [6, 6.07) is 9.85. The van der Waals surface area contributed by atoms with Crippen LogP contribution in [0.3, 0.4) is 0 Å². The maximum atomic E-state index is 11.6. The van der Waals surface area contributed by atoms with E-state index in [1.807, 2.05) is 35.2 Å². The number of ketones is 1. The molecule has 102 valence electrons. The molecular weight excluding hydrogens is 254 g/mol. The van der Waals surface area contributed by atoms with E-state index < -0.39 is 0 Å². The molecule has 1 aromatic carbocycles. The Bertz CT molecular complexity index is 561. The molecule has 2 unspecified atom stereocenters. The van der Waals surface area contributed by atoms with Gasteiger partial charge in [0.2, 0.25) is 6.19 Å². The number of amidine groups is 1. The average molecular weight is 269 g/mol. The predicted octanol–water partition coefficient (Wildman–Crippen LogP) is 2.10. The first-order valence-electron chi connectivity index (χ1n) is 6.77. The van der Waals surface area contributed by atoms with Crippen molar-refractivity contribution in [3.8, 4) is 11.9 Å². The first kappa shape index (κ1) is 12.7. The molecule has 2 saturated heterocycles. The van der Waals surface area contributed by atoms with Gasteiger partial charge < -0.3 is 9.64 Å². The number of nitriles is 1. The zero-order valence-corrected chi connectivity index (χ0v) is 11.0. The highest BCUT2D eigenvalue weighted by Crippen LogP contribution is 2.34. The molecule has 0 spiro atoms. The molecule has 0 aliphatic carbocycles. The van der Waals surface area contributed by atoms with E-state index in [1.165, 1.54) is 0 Å². The summed E-state index contributed by atoms with van der Waals surface area (Å²) in [7, 11) is 0. The van der Waals surface area contributed by atoms with Crippen LogP contribution in [0.5, 0.6) is 5.75 Å². The molecule has 5 nitrogen and oxygen atoms in total. The molecule has 0 radical (unpaired) electrons. The Kier molecular flexibility index (Phi) is 3.38. The number of hydrogen-bond acceptors (Lipinski definition) is 4. The smallest absolute Gasteiger partial charge is 0.308 e. The van der Waals surface area contributed by atoms with Gasteiger partial charge in [-0.25, -0.2) is 0 Å². The van der Waals surface area contributed by atoms with Crippen molar-refractivity contribution in [2.75, 3.05) is 0 Å². The predicted molar refractivity (Wildman–Crippen MR) is 73.0 cm³/mol. The Balaban J connectivity index is 1.84. The topological polar surface area (TPSA) is 65.7 Å². The lowest BCUT2D eigenvalue weighted by molar-refractivity contribution is -0.122. The second-order valence-electron chi connectivity index (χ2n) is 5.15. The minimum Gasteiger partial charge on any atom is -0.425 e. The maximum absolute atomic E-state index is 11.6. The number of nitrogens with zero attached hydrogens (tertiary/aromatic N) is 3. The molecular formula is C15H15N3O2. The van der Waals surface area contributed by atoms with Gasteiger partial charge in [0.25, 0.3) is 0 Å². The third-order valence-corrected chi connectivity index (χ3v) is 3.87. The Labute approximate surface area is 117 Å². The summed E-state index contributed by atoms with van der Waals surface area (Å²) in [6.07, 6.45) is 4.77. The van der Waals surface area contributed by atoms with Crippen molar-refractivity contribution >= 4 is 11.8 Å². The summed E-state index contributed by atoms with van der Waals surface area (Å²) in [6.45, 7) is 0. The second kappa shape index (κ2) is 5.33. The van der Waals surface area contributed by atoms with Crippen LogP contribution in [0.1, 0.15) is 25.7 Å². The summed E-state index contributed by atoms with van der Waals surface area (Å²) in [4.78, 5) is 17.5. The van der Waals surface area contributed by atoms with Crippen molar-refractivity contribution < 1.29 is 9.53 Å². The molecule has 5 heteroatoms. The van der Waals surface area contributed by atoms with Gasteiger partial charge in [-0.2, -0.15) is 5.26 Å². The maximum Gasteiger partial charge on any atom is 0.308 e. The van der Waals surface area contributed by atoms with E-state index in [9.17, 15) is 4.79 Å². The standard InChI is InChI=1S/C15H15N3O2/c16-10-17-15(20-14-4-2-1-3-5-14)18-11-6-7-12(18)9-13(19)8-11/h1-5,11-12H,6-9H2/b17-15-. The summed E-state index contributed by atoms with van der Waals surface area (Å²) in [5.74, 6) is 0.947. The van der Waals surface area contributed by atoms with Gasteiger partial charge >= 0.3 is 6.02 Å². The van der Waals surface area contributed by atoms with Crippen LogP contribution in [-0.4, -0.2) is 28.8 Å². The highest BCUT2D eigenvalue weighted by atomic mass is 16.5. The molecule has 3 rings (SSSR count). The molecule has 2 bridgehead atoms. The molecule has 2 heterocycles. The third-order valence-electron chi connectivity index (χ3n) is 3.87. The minimum atomic E-state index is 0.122. The molecule has 0 aromatic heterocycles. The number of Topliss-reactive ketones (excluding diaryl/α,β-unsaturated/α-hetero) is 1. The summed E-state index contributed by atoms with van der Waals surface area (Å²) < 4.78 is 5.75. The van der Waals surface area contributed by atoms with E-state index in [0.717, 1.165) is 12.8 Å². The first-order valence-corrected chi connectivity index (χ1v) is 6.77. The fourth-order valence-corrected chi connectivity index (χ4v) is 3.05. The third kappa shape index (κ3) is 2.37. The van der Waals surface area contributed by atoms with Crippen LogP contribution in [0.15, 0.2) is 35.3 Å². The van der Waals surface area contributed by atoms with Gasteiger partial charge in [0, 0.05) is 24.9 Å². The van der Waals surface area contributed by atoms with E-state index in [-0.39, 0.29) is 12.1 Å². The Morgan fingerprint density at radius 1 is 1.25 bits per heavy atom. The summed E-state index contributed by atoms with van der Waals surface area (Å²) in [5, 5.41) is 8.88. The van der Waals surface area contributed by atoms with Gasteiger partial charge in [0.1, 0.15) is 11.5 Å². The Morgan fingerprint density at radius 3 is 2.50 bits per heavy atom. The fourth-order valence-electron chi connectivity index (χ4n) is 3.05. The molecule has 0 N–H and O–H groups in total. The van der Waals surface area contributed by atoms with E-state index in [4.69, 9.17) is 10.00 Å². The molecule has 2 fully saturated rings. The molecule has 2 aliphatic heterocycles. The van der Waals surface area contributed by atoms with Crippen molar-refractivity contribution in [3.63, 3.8) is 0 Å². The lowest BCUT2D eigenvalue weighted by Gasteiger charge is -2.34. The minimum absolute atomic E-state index is 0.122. The first-order chi connectivity index (χ1) is 9.78. The second-order valence-corrected chi connectivity index (χ2v) is 5.15. The monoisotopic (exact) mass is 269 g/mol. The van der Waals surface area contributed by atoms with Gasteiger partial charge in [-0.05, 0) is 25.0 Å². The van der Waals surface area contributed by atoms with Crippen molar-refractivity contribution in [3.05, 3.63) is 30.3 Å². The number of carbonyl (C=O) groups is 1. The SMILES string of the molecule is N#C/N=C(\Oc1ccccc1)N1C2CCC1CC(=O)C2. The number of carbonyl (C=O) groups excluding carboxylic acids is 1. The van der Waals surface area contributed by atoms with E-state index in [2.05, 4.69) is 4.99 Å². The fraction of sp³-hybridized carbons (Fsp3) is 0.400. The Morgan fingerprint density at radius 2 is 1.90 bits per heavy atom. The summed E-state index contributed by atoms with van der Waals surface area (Å²) in [5.41, 5.74) is 0. The van der Waals surface area contributed by atoms with Crippen LogP contribution >= 0.6 is 0 Å². The molecule has 0 saturated carbocycles. The summed E-state index contributed by atoms with van der Waals surface area (Å²) >= 11 is 0. The van der Waals surface area contributed by atoms with Crippen LogP contribution in [-0.2, 0) is 4.79 Å². The molecule has 2 atom stereocenters. The average Bonchev–Trinajstić information content (AvgIpc) is 2.71. The van der Waals surface area contributed by atoms with Gasteiger partial charge in [-0.3, -0.25) is 4.79 Å². The quantitative estimate of drug-likeness (QED) is 0.445. The molecule has 1 aromatic rings. The number of para-hydroxylation sites is 1. The van der Waals surface area contributed by atoms with Gasteiger partial charge in [0.05, 0.1) is 0 Å². The number of piperidine rings is 1. The van der Waals surface area contributed by atoms with Crippen LogP contribution in [0, 0.1) is 11.5 Å². The lowest BCUT2D eigenvalue weighted by atomic mass is 10.0. The van der Waals surface area contributed by atoms with E-state index >= 15 is 0 Å². The van der Waals surface area contributed by atoms with Crippen LogP contribution < -0.4 is 4.74 Å². The van der Waals surface area contributed by atoms with Crippen LogP contribution in [0.25, 0.3) is 0 Å². The van der Waals surface area contributed by atoms with Gasteiger partial charge in [-0.15, -0.1) is 4.99 Å². The number of hydrogen-bond donors (Lipinski definition) is 0.